The molecular formula is C30H31N3O2. The van der Waals surface area contributed by atoms with Gasteiger partial charge in [-0.05, 0) is 45.7 Å². The van der Waals surface area contributed by atoms with Crippen LogP contribution in [0.4, 0.5) is 0 Å². The molecule has 1 heterocycles. The molecule has 5 nitrogen and oxygen atoms in total. The van der Waals surface area contributed by atoms with E-state index in [1.54, 1.807) is 7.11 Å². The van der Waals surface area contributed by atoms with Crippen LogP contribution in [0, 0.1) is 0 Å². The maximum absolute atomic E-state index is 6.04. The molecule has 4 aromatic carbocycles. The minimum atomic E-state index is 0.496. The standard InChI is InChI=1S/C30H31N3O2/c1-34-29-15-14-25(20-30(29)35-23-24-8-3-2-4-9-24)21-31-33-18-16-32(17-19-33)22-27-12-7-11-26-10-5-6-13-28(26)27/h2-15,20-21H,16-19,22-23H2,1H3. The summed E-state index contributed by atoms with van der Waals surface area (Å²) in [6, 6.07) is 31.3. The fourth-order valence-corrected chi connectivity index (χ4v) is 4.45. The van der Waals surface area contributed by atoms with E-state index >= 15 is 0 Å². The lowest BCUT2D eigenvalue weighted by molar-refractivity contribution is 0.131. The van der Waals surface area contributed by atoms with Crippen molar-refractivity contribution in [2.45, 2.75) is 13.2 Å². The minimum Gasteiger partial charge on any atom is -0.493 e. The Labute approximate surface area is 207 Å². The number of rotatable bonds is 8. The third kappa shape index (κ3) is 5.81. The molecule has 1 fully saturated rings. The molecule has 0 atom stereocenters. The Morgan fingerprint density at radius 1 is 0.800 bits per heavy atom. The first kappa shape index (κ1) is 22.9. The van der Waals surface area contributed by atoms with Crippen LogP contribution >= 0.6 is 0 Å². The van der Waals surface area contributed by atoms with Gasteiger partial charge in [0.25, 0.3) is 0 Å². The lowest BCUT2D eigenvalue weighted by Gasteiger charge is -2.33. The highest BCUT2D eigenvalue weighted by Crippen LogP contribution is 2.28. The van der Waals surface area contributed by atoms with Crippen molar-refractivity contribution in [2.75, 3.05) is 33.3 Å². The third-order valence-corrected chi connectivity index (χ3v) is 6.42. The first-order valence-corrected chi connectivity index (χ1v) is 12.1. The molecule has 4 aromatic rings. The quantitative estimate of drug-likeness (QED) is 0.319. The zero-order valence-corrected chi connectivity index (χ0v) is 20.1. The van der Waals surface area contributed by atoms with Gasteiger partial charge in [-0.1, -0.05) is 72.8 Å². The Morgan fingerprint density at radius 2 is 1.57 bits per heavy atom. The van der Waals surface area contributed by atoms with Crippen LogP contribution in [-0.4, -0.2) is 49.4 Å². The summed E-state index contributed by atoms with van der Waals surface area (Å²) in [6.07, 6.45) is 1.91. The number of hydrogen-bond donors (Lipinski definition) is 0. The lowest BCUT2D eigenvalue weighted by atomic mass is 10.0. The van der Waals surface area contributed by atoms with Crippen LogP contribution in [0.15, 0.2) is 96.1 Å². The van der Waals surface area contributed by atoms with E-state index in [1.165, 1.54) is 16.3 Å². The van der Waals surface area contributed by atoms with Gasteiger partial charge in [0.1, 0.15) is 6.61 Å². The van der Waals surface area contributed by atoms with Crippen molar-refractivity contribution in [1.29, 1.82) is 0 Å². The van der Waals surface area contributed by atoms with Crippen LogP contribution in [0.2, 0.25) is 0 Å². The monoisotopic (exact) mass is 465 g/mol. The Balaban J connectivity index is 1.18. The number of hydrogen-bond acceptors (Lipinski definition) is 5. The summed E-state index contributed by atoms with van der Waals surface area (Å²) < 4.78 is 11.5. The van der Waals surface area contributed by atoms with Crippen LogP contribution in [0.5, 0.6) is 11.5 Å². The molecule has 35 heavy (non-hydrogen) atoms. The summed E-state index contributed by atoms with van der Waals surface area (Å²) in [6.45, 7) is 5.28. The van der Waals surface area contributed by atoms with Crippen LogP contribution < -0.4 is 9.47 Å². The predicted octanol–water partition coefficient (Wildman–Crippen LogP) is 5.58. The first-order valence-electron chi connectivity index (χ1n) is 12.1. The van der Waals surface area contributed by atoms with Gasteiger partial charge in [-0.25, -0.2) is 0 Å². The van der Waals surface area contributed by atoms with Crippen LogP contribution in [-0.2, 0) is 13.2 Å². The highest BCUT2D eigenvalue weighted by atomic mass is 16.5. The maximum Gasteiger partial charge on any atom is 0.162 e. The fraction of sp³-hybridized carbons (Fsp3) is 0.233. The predicted molar refractivity (Wildman–Crippen MR) is 142 cm³/mol. The highest BCUT2D eigenvalue weighted by molar-refractivity contribution is 5.85. The zero-order chi connectivity index (χ0) is 23.9. The summed E-state index contributed by atoms with van der Waals surface area (Å²) in [5.74, 6) is 1.44. The molecule has 0 aromatic heterocycles. The summed E-state index contributed by atoms with van der Waals surface area (Å²) in [7, 11) is 1.66. The van der Waals surface area contributed by atoms with Crippen molar-refractivity contribution in [3.8, 4) is 11.5 Å². The van der Waals surface area contributed by atoms with E-state index in [0.29, 0.717) is 6.61 Å². The number of methoxy groups -OCH3 is 1. The van der Waals surface area contributed by atoms with Crippen LogP contribution in [0.1, 0.15) is 16.7 Å². The third-order valence-electron chi connectivity index (χ3n) is 6.42. The van der Waals surface area contributed by atoms with E-state index < -0.39 is 0 Å². The van der Waals surface area contributed by atoms with Crippen molar-refractivity contribution in [2.24, 2.45) is 5.10 Å². The maximum atomic E-state index is 6.04. The van der Waals surface area contributed by atoms with Gasteiger partial charge in [-0.2, -0.15) is 5.10 Å². The molecule has 1 saturated heterocycles. The molecule has 0 bridgehead atoms. The van der Waals surface area contributed by atoms with Crippen molar-refractivity contribution < 1.29 is 9.47 Å². The molecule has 0 spiro atoms. The van der Waals surface area contributed by atoms with Gasteiger partial charge in [0.2, 0.25) is 0 Å². The molecule has 0 N–H and O–H groups in total. The topological polar surface area (TPSA) is 37.3 Å². The summed E-state index contributed by atoms with van der Waals surface area (Å²) in [5.41, 5.74) is 3.50. The zero-order valence-electron chi connectivity index (χ0n) is 20.1. The van der Waals surface area contributed by atoms with Gasteiger partial charge in [0.15, 0.2) is 11.5 Å². The van der Waals surface area contributed by atoms with Crippen LogP contribution in [0.25, 0.3) is 10.8 Å². The SMILES string of the molecule is COc1ccc(C=NN2CCN(Cc3cccc4ccccc34)CC2)cc1OCc1ccccc1. The molecule has 1 aliphatic rings. The van der Waals surface area contributed by atoms with Crippen LogP contribution in [0.3, 0.4) is 0 Å². The van der Waals surface area contributed by atoms with Gasteiger partial charge >= 0.3 is 0 Å². The number of nitrogens with zero attached hydrogens (tertiary/aromatic N) is 3. The molecular weight excluding hydrogens is 434 g/mol. The second-order valence-corrected chi connectivity index (χ2v) is 8.80. The Hall–Kier alpha value is -3.83. The molecule has 178 valence electrons. The largest absolute Gasteiger partial charge is 0.493 e. The van der Waals surface area contributed by atoms with Gasteiger partial charge in [-0.15, -0.1) is 0 Å². The Kier molecular flexibility index (Phi) is 7.25. The second-order valence-electron chi connectivity index (χ2n) is 8.80. The molecule has 5 heteroatoms. The lowest BCUT2D eigenvalue weighted by Crippen LogP contribution is -2.43. The number of ether oxygens (including phenoxy) is 2. The second kappa shape index (κ2) is 11.1. The van der Waals surface area contributed by atoms with Gasteiger partial charge in [-0.3, -0.25) is 9.91 Å². The summed E-state index contributed by atoms with van der Waals surface area (Å²) in [5, 5.41) is 9.55. The summed E-state index contributed by atoms with van der Waals surface area (Å²) in [4.78, 5) is 2.51. The van der Waals surface area contributed by atoms with Crippen molar-refractivity contribution >= 4 is 17.0 Å². The number of fused-ring (bicyclic) bond motifs is 1. The summed E-state index contributed by atoms with van der Waals surface area (Å²) >= 11 is 0. The molecule has 0 unspecified atom stereocenters. The number of hydrazone groups is 1. The van der Waals surface area contributed by atoms with Gasteiger partial charge in [0.05, 0.1) is 13.3 Å². The minimum absolute atomic E-state index is 0.496. The average Bonchev–Trinajstić information content (AvgIpc) is 2.92. The first-order chi connectivity index (χ1) is 17.3. The normalized spacial score (nSPS) is 14.5. The Bertz CT molecular complexity index is 1280. The number of piperazine rings is 1. The van der Waals surface area contributed by atoms with Gasteiger partial charge < -0.3 is 9.47 Å². The molecule has 5 rings (SSSR count). The highest BCUT2D eigenvalue weighted by Gasteiger charge is 2.16. The molecule has 1 aliphatic heterocycles. The van der Waals surface area contributed by atoms with E-state index in [4.69, 9.17) is 14.6 Å². The fourth-order valence-electron chi connectivity index (χ4n) is 4.45. The van der Waals surface area contributed by atoms with E-state index in [1.807, 2.05) is 42.6 Å². The van der Waals surface area contributed by atoms with Crippen molar-refractivity contribution in [3.63, 3.8) is 0 Å². The average molecular weight is 466 g/mol. The van der Waals surface area contributed by atoms with Gasteiger partial charge in [0, 0.05) is 32.7 Å². The molecule has 0 amide bonds. The molecule has 0 radical (unpaired) electrons. The van der Waals surface area contributed by atoms with E-state index in [9.17, 15) is 0 Å². The molecule has 0 aliphatic carbocycles. The van der Waals surface area contributed by atoms with Crippen molar-refractivity contribution in [3.05, 3.63) is 108 Å². The van der Waals surface area contributed by atoms with Crippen molar-refractivity contribution in [1.82, 2.24) is 9.91 Å². The Morgan fingerprint density at radius 3 is 2.40 bits per heavy atom. The van der Waals surface area contributed by atoms with E-state index in [-0.39, 0.29) is 0 Å². The smallest absolute Gasteiger partial charge is 0.162 e. The van der Waals surface area contributed by atoms with E-state index in [0.717, 1.165) is 55.3 Å². The van der Waals surface area contributed by atoms with E-state index in [2.05, 4.69) is 64.5 Å². The molecule has 0 saturated carbocycles. The number of benzene rings is 4.